The first-order valence-electron chi connectivity index (χ1n) is 8.37. The monoisotopic (exact) mass is 384 g/mol. The summed E-state index contributed by atoms with van der Waals surface area (Å²) >= 11 is 1.23. The second kappa shape index (κ2) is 9.09. The average Bonchev–Trinajstić information content (AvgIpc) is 3.05. The largest absolute Gasteiger partial charge is 0.497 e. The number of benzene rings is 2. The smallest absolute Gasteiger partial charge is 0.344 e. The maximum Gasteiger partial charge on any atom is 0.344 e. The van der Waals surface area contributed by atoms with Gasteiger partial charge >= 0.3 is 5.69 Å². The van der Waals surface area contributed by atoms with Crippen molar-refractivity contribution < 1.29 is 9.53 Å². The van der Waals surface area contributed by atoms with Gasteiger partial charge in [-0.1, -0.05) is 54.2 Å². The molecule has 0 aliphatic carbocycles. The molecule has 0 unspecified atom stereocenters. The lowest BCUT2D eigenvalue weighted by Gasteiger charge is -2.07. The number of amides is 1. The fraction of sp³-hybridized carbons (Fsp3) is 0.211. The predicted octanol–water partition coefficient (Wildman–Crippen LogP) is 2.04. The van der Waals surface area contributed by atoms with Gasteiger partial charge in [-0.3, -0.25) is 9.36 Å². The Bertz CT molecular complexity index is 936. The van der Waals surface area contributed by atoms with E-state index in [0.29, 0.717) is 18.2 Å². The first kappa shape index (κ1) is 18.8. The first-order valence-corrected chi connectivity index (χ1v) is 9.36. The van der Waals surface area contributed by atoms with Crippen LogP contribution in [0.15, 0.2) is 64.5 Å². The van der Waals surface area contributed by atoms with E-state index in [1.54, 1.807) is 7.11 Å². The standard InChI is InChI=1S/C19H20N4O3S/c1-26-16-9-7-14(8-10-16)11-20-17(24)13-27-19-22-21-18(25)23(19)12-15-5-3-2-4-6-15/h2-10H,11-13H2,1H3,(H,20,24)(H,21,25). The summed E-state index contributed by atoms with van der Waals surface area (Å²) in [4.78, 5) is 24.1. The van der Waals surface area contributed by atoms with E-state index in [9.17, 15) is 9.59 Å². The summed E-state index contributed by atoms with van der Waals surface area (Å²) in [5.74, 6) is 0.822. The number of hydrogen-bond acceptors (Lipinski definition) is 5. The van der Waals surface area contributed by atoms with Crippen LogP contribution in [0.5, 0.6) is 5.75 Å². The summed E-state index contributed by atoms with van der Waals surface area (Å²) in [6.07, 6.45) is 0. The number of rotatable bonds is 8. The molecule has 0 aliphatic heterocycles. The van der Waals surface area contributed by atoms with Crippen LogP contribution in [0.2, 0.25) is 0 Å². The number of nitrogens with zero attached hydrogens (tertiary/aromatic N) is 2. The second-order valence-corrected chi connectivity index (χ2v) is 6.74. The van der Waals surface area contributed by atoms with Crippen LogP contribution < -0.4 is 15.7 Å². The maximum absolute atomic E-state index is 12.1. The van der Waals surface area contributed by atoms with Gasteiger partial charge in [0.2, 0.25) is 5.91 Å². The van der Waals surface area contributed by atoms with E-state index in [2.05, 4.69) is 15.5 Å². The lowest BCUT2D eigenvalue weighted by atomic mass is 10.2. The van der Waals surface area contributed by atoms with Crippen molar-refractivity contribution in [2.75, 3.05) is 12.9 Å². The van der Waals surface area contributed by atoms with E-state index < -0.39 is 0 Å². The van der Waals surface area contributed by atoms with E-state index in [1.807, 2.05) is 54.6 Å². The van der Waals surface area contributed by atoms with Gasteiger partial charge in [-0.2, -0.15) is 0 Å². The topological polar surface area (TPSA) is 89.0 Å². The molecule has 0 saturated heterocycles. The van der Waals surface area contributed by atoms with Crippen LogP contribution in [-0.4, -0.2) is 33.5 Å². The number of thioether (sulfide) groups is 1. The molecule has 0 radical (unpaired) electrons. The molecule has 140 valence electrons. The molecule has 0 atom stereocenters. The molecule has 3 aromatic rings. The normalized spacial score (nSPS) is 10.6. The van der Waals surface area contributed by atoms with Crippen molar-refractivity contribution in [2.24, 2.45) is 0 Å². The molecule has 0 saturated carbocycles. The van der Waals surface area contributed by atoms with Crippen molar-refractivity contribution in [3.8, 4) is 5.75 Å². The third kappa shape index (κ3) is 5.24. The Kier molecular flexibility index (Phi) is 6.32. The number of H-pyrrole nitrogens is 1. The first-order chi connectivity index (χ1) is 13.2. The summed E-state index contributed by atoms with van der Waals surface area (Å²) in [7, 11) is 1.61. The van der Waals surface area contributed by atoms with Crippen LogP contribution in [0.1, 0.15) is 11.1 Å². The van der Waals surface area contributed by atoms with Crippen LogP contribution in [0.3, 0.4) is 0 Å². The van der Waals surface area contributed by atoms with Gasteiger partial charge in [0.25, 0.3) is 0 Å². The average molecular weight is 384 g/mol. The molecule has 1 aromatic heterocycles. The minimum Gasteiger partial charge on any atom is -0.497 e. The number of carbonyl (C=O) groups excluding carboxylic acids is 1. The van der Waals surface area contributed by atoms with Crippen molar-refractivity contribution in [1.29, 1.82) is 0 Å². The molecule has 7 nitrogen and oxygen atoms in total. The number of aromatic amines is 1. The van der Waals surface area contributed by atoms with Gasteiger partial charge in [0, 0.05) is 6.54 Å². The van der Waals surface area contributed by atoms with Crippen LogP contribution in [0, 0.1) is 0 Å². The molecule has 8 heteroatoms. The Labute approximate surface area is 160 Å². The van der Waals surface area contributed by atoms with Gasteiger partial charge in [-0.15, -0.1) is 5.10 Å². The molecule has 1 heterocycles. The molecule has 2 N–H and O–H groups in total. The van der Waals surface area contributed by atoms with Crippen molar-refractivity contribution in [2.45, 2.75) is 18.2 Å². The summed E-state index contributed by atoms with van der Waals surface area (Å²) < 4.78 is 6.63. The molecule has 0 bridgehead atoms. The highest BCUT2D eigenvalue weighted by molar-refractivity contribution is 7.99. The molecule has 2 aromatic carbocycles. The highest BCUT2D eigenvalue weighted by atomic mass is 32.2. The zero-order valence-electron chi connectivity index (χ0n) is 14.8. The van der Waals surface area contributed by atoms with E-state index in [1.165, 1.54) is 16.3 Å². The highest BCUT2D eigenvalue weighted by Gasteiger charge is 2.12. The molecule has 0 fully saturated rings. The number of hydrogen-bond donors (Lipinski definition) is 2. The van der Waals surface area contributed by atoms with Gasteiger partial charge in [-0.25, -0.2) is 9.89 Å². The minimum atomic E-state index is -0.292. The van der Waals surface area contributed by atoms with Crippen LogP contribution in [0.4, 0.5) is 0 Å². The van der Waals surface area contributed by atoms with E-state index in [0.717, 1.165) is 16.9 Å². The Balaban J connectivity index is 1.53. The van der Waals surface area contributed by atoms with Gasteiger partial charge in [0.05, 0.1) is 19.4 Å². The van der Waals surface area contributed by atoms with Crippen molar-refractivity contribution in [1.82, 2.24) is 20.1 Å². The molecular weight excluding hydrogens is 364 g/mol. The SMILES string of the molecule is COc1ccc(CNC(=O)CSc2n[nH]c(=O)n2Cc2ccccc2)cc1. The van der Waals surface area contributed by atoms with Gasteiger partial charge in [0.15, 0.2) is 5.16 Å². The zero-order chi connectivity index (χ0) is 19.1. The quantitative estimate of drug-likeness (QED) is 0.580. The molecule has 0 aliphatic rings. The third-order valence-electron chi connectivity index (χ3n) is 3.89. The second-order valence-electron chi connectivity index (χ2n) is 5.80. The number of nitrogens with one attached hydrogen (secondary N) is 2. The number of methoxy groups -OCH3 is 1. The summed E-state index contributed by atoms with van der Waals surface area (Å²) in [6, 6.07) is 17.1. The van der Waals surface area contributed by atoms with E-state index >= 15 is 0 Å². The van der Waals surface area contributed by atoms with Gasteiger partial charge in [-0.05, 0) is 23.3 Å². The Morgan fingerprint density at radius 1 is 1.15 bits per heavy atom. The lowest BCUT2D eigenvalue weighted by Crippen LogP contribution is -2.25. The fourth-order valence-corrected chi connectivity index (χ4v) is 3.22. The molecule has 3 rings (SSSR count). The third-order valence-corrected chi connectivity index (χ3v) is 4.86. The number of carbonyl (C=O) groups is 1. The Hall–Kier alpha value is -3.00. The zero-order valence-corrected chi connectivity index (χ0v) is 15.7. The predicted molar refractivity (Wildman–Crippen MR) is 104 cm³/mol. The lowest BCUT2D eigenvalue weighted by molar-refractivity contribution is -0.118. The van der Waals surface area contributed by atoms with Crippen LogP contribution >= 0.6 is 11.8 Å². The highest BCUT2D eigenvalue weighted by Crippen LogP contribution is 2.15. The minimum absolute atomic E-state index is 0.127. The van der Waals surface area contributed by atoms with E-state index in [-0.39, 0.29) is 17.3 Å². The maximum atomic E-state index is 12.1. The summed E-state index contributed by atoms with van der Waals surface area (Å²) in [6.45, 7) is 0.840. The number of aromatic nitrogens is 3. The van der Waals surface area contributed by atoms with Gasteiger partial charge in [0.1, 0.15) is 5.75 Å². The van der Waals surface area contributed by atoms with Crippen LogP contribution in [-0.2, 0) is 17.9 Å². The number of ether oxygens (including phenoxy) is 1. The van der Waals surface area contributed by atoms with Crippen molar-refractivity contribution >= 4 is 17.7 Å². The Morgan fingerprint density at radius 2 is 1.89 bits per heavy atom. The molecule has 27 heavy (non-hydrogen) atoms. The molecular formula is C19H20N4O3S. The van der Waals surface area contributed by atoms with Gasteiger partial charge < -0.3 is 10.1 Å². The molecule has 0 spiro atoms. The van der Waals surface area contributed by atoms with Crippen molar-refractivity contribution in [3.63, 3.8) is 0 Å². The summed E-state index contributed by atoms with van der Waals surface area (Å²) in [5.41, 5.74) is 1.68. The van der Waals surface area contributed by atoms with Crippen molar-refractivity contribution in [3.05, 3.63) is 76.2 Å². The summed E-state index contributed by atoms with van der Waals surface area (Å²) in [5, 5.41) is 9.80. The fourth-order valence-electron chi connectivity index (χ4n) is 2.44. The molecule has 1 amide bonds. The van der Waals surface area contributed by atoms with E-state index in [4.69, 9.17) is 4.74 Å². The van der Waals surface area contributed by atoms with Crippen LogP contribution in [0.25, 0.3) is 0 Å². The Morgan fingerprint density at radius 3 is 2.59 bits per heavy atom.